The molecule has 1 saturated heterocycles. The van der Waals surface area contributed by atoms with Crippen LogP contribution in [0.2, 0.25) is 0 Å². The summed E-state index contributed by atoms with van der Waals surface area (Å²) >= 11 is 1.64. The van der Waals surface area contributed by atoms with Crippen LogP contribution in [0.3, 0.4) is 0 Å². The van der Waals surface area contributed by atoms with Crippen molar-refractivity contribution in [2.24, 2.45) is 5.41 Å². The molecule has 0 aliphatic carbocycles. The minimum Gasteiger partial charge on any atom is -0.351 e. The quantitative estimate of drug-likeness (QED) is 0.763. The van der Waals surface area contributed by atoms with Crippen LogP contribution in [0.25, 0.3) is 0 Å². The summed E-state index contributed by atoms with van der Waals surface area (Å²) in [7, 11) is 0. The molecule has 21 heavy (non-hydrogen) atoms. The van der Waals surface area contributed by atoms with E-state index in [4.69, 9.17) is 0 Å². The van der Waals surface area contributed by atoms with E-state index in [1.165, 1.54) is 5.57 Å². The number of rotatable bonds is 3. The van der Waals surface area contributed by atoms with Crippen molar-refractivity contribution in [2.45, 2.75) is 33.2 Å². The second-order valence-corrected chi connectivity index (χ2v) is 7.57. The molecule has 0 aromatic heterocycles. The standard InChI is InChI=1S/C15H25N3O2S/c1-15(2,3)14(20)18-10-21-9-12(18)13(19)17-8-11-4-6-16-7-5-11/h4,12,16H,5-10H2,1-3H3,(H,17,19). The highest BCUT2D eigenvalue weighted by Gasteiger charge is 2.38. The summed E-state index contributed by atoms with van der Waals surface area (Å²) in [6.45, 7) is 8.13. The third kappa shape index (κ3) is 4.23. The topological polar surface area (TPSA) is 61.4 Å². The van der Waals surface area contributed by atoms with Crippen LogP contribution >= 0.6 is 11.8 Å². The molecule has 5 nitrogen and oxygen atoms in total. The fourth-order valence-corrected chi connectivity index (χ4v) is 3.59. The van der Waals surface area contributed by atoms with Gasteiger partial charge in [0.1, 0.15) is 6.04 Å². The lowest BCUT2D eigenvalue weighted by atomic mass is 9.94. The van der Waals surface area contributed by atoms with Gasteiger partial charge in [-0.15, -0.1) is 11.8 Å². The maximum absolute atomic E-state index is 12.4. The van der Waals surface area contributed by atoms with Gasteiger partial charge in [0, 0.05) is 24.3 Å². The number of amides is 2. The molecule has 2 N–H and O–H groups in total. The fourth-order valence-electron chi connectivity index (χ4n) is 2.44. The molecule has 2 aliphatic rings. The summed E-state index contributed by atoms with van der Waals surface area (Å²) in [5, 5.41) is 6.24. The highest BCUT2D eigenvalue weighted by Crippen LogP contribution is 2.27. The highest BCUT2D eigenvalue weighted by molar-refractivity contribution is 7.99. The lowest BCUT2D eigenvalue weighted by Crippen LogP contribution is -2.50. The largest absolute Gasteiger partial charge is 0.351 e. The Kier molecular flexibility index (Phi) is 5.32. The lowest BCUT2D eigenvalue weighted by Gasteiger charge is -2.29. The zero-order valence-corrected chi connectivity index (χ0v) is 13.9. The number of nitrogens with zero attached hydrogens (tertiary/aromatic N) is 1. The molecule has 1 atom stereocenters. The first-order valence-corrected chi connectivity index (χ1v) is 8.60. The molecular formula is C15H25N3O2S. The molecule has 0 aromatic rings. The summed E-state index contributed by atoms with van der Waals surface area (Å²) in [6, 6.07) is -0.330. The van der Waals surface area contributed by atoms with Crippen molar-refractivity contribution in [3.63, 3.8) is 0 Å². The van der Waals surface area contributed by atoms with Crippen molar-refractivity contribution in [1.29, 1.82) is 0 Å². The van der Waals surface area contributed by atoms with E-state index in [0.29, 0.717) is 18.2 Å². The van der Waals surface area contributed by atoms with Crippen molar-refractivity contribution in [2.75, 3.05) is 31.3 Å². The second-order valence-electron chi connectivity index (χ2n) is 6.57. The van der Waals surface area contributed by atoms with E-state index in [0.717, 1.165) is 19.5 Å². The minimum atomic E-state index is -0.443. The number of thioether (sulfide) groups is 1. The van der Waals surface area contributed by atoms with E-state index in [1.54, 1.807) is 16.7 Å². The smallest absolute Gasteiger partial charge is 0.243 e. The first-order chi connectivity index (χ1) is 9.89. The van der Waals surface area contributed by atoms with Gasteiger partial charge < -0.3 is 15.5 Å². The SMILES string of the molecule is CC(C)(C)C(=O)N1CSCC1C(=O)NCC1=CCNCC1. The monoisotopic (exact) mass is 311 g/mol. The van der Waals surface area contributed by atoms with Crippen LogP contribution in [0.4, 0.5) is 0 Å². The maximum atomic E-state index is 12.4. The molecule has 0 aromatic carbocycles. The lowest BCUT2D eigenvalue weighted by molar-refractivity contribution is -0.144. The van der Waals surface area contributed by atoms with Crippen LogP contribution in [-0.2, 0) is 9.59 Å². The van der Waals surface area contributed by atoms with Gasteiger partial charge in [0.05, 0.1) is 5.88 Å². The predicted octanol–water partition coefficient (Wildman–Crippen LogP) is 0.970. The normalized spacial score (nSPS) is 22.9. The van der Waals surface area contributed by atoms with Gasteiger partial charge >= 0.3 is 0 Å². The Balaban J connectivity index is 1.91. The average molecular weight is 311 g/mol. The Hall–Kier alpha value is -1.01. The first-order valence-electron chi connectivity index (χ1n) is 7.45. The highest BCUT2D eigenvalue weighted by atomic mass is 32.2. The van der Waals surface area contributed by atoms with Gasteiger partial charge in [0.15, 0.2) is 0 Å². The molecule has 2 heterocycles. The van der Waals surface area contributed by atoms with E-state index < -0.39 is 5.41 Å². The third-order valence-electron chi connectivity index (χ3n) is 3.74. The summed E-state index contributed by atoms with van der Waals surface area (Å²) < 4.78 is 0. The molecular weight excluding hydrogens is 286 g/mol. The molecule has 1 fully saturated rings. The Morgan fingerprint density at radius 2 is 2.24 bits per heavy atom. The summed E-state index contributed by atoms with van der Waals surface area (Å²) in [5.74, 6) is 1.32. The molecule has 0 bridgehead atoms. The van der Waals surface area contributed by atoms with E-state index in [1.807, 2.05) is 20.8 Å². The van der Waals surface area contributed by atoms with Crippen molar-refractivity contribution in [3.8, 4) is 0 Å². The van der Waals surface area contributed by atoms with Crippen molar-refractivity contribution >= 4 is 23.6 Å². The maximum Gasteiger partial charge on any atom is 0.243 e. The van der Waals surface area contributed by atoms with Crippen LogP contribution in [0.5, 0.6) is 0 Å². The molecule has 0 spiro atoms. The molecule has 0 radical (unpaired) electrons. The molecule has 2 rings (SSSR count). The predicted molar refractivity (Wildman–Crippen MR) is 86.0 cm³/mol. The molecule has 2 amide bonds. The van der Waals surface area contributed by atoms with E-state index in [-0.39, 0.29) is 17.9 Å². The van der Waals surface area contributed by atoms with Gasteiger partial charge in [0.2, 0.25) is 11.8 Å². The van der Waals surface area contributed by atoms with E-state index >= 15 is 0 Å². The minimum absolute atomic E-state index is 0.0305. The van der Waals surface area contributed by atoms with Crippen molar-refractivity contribution in [1.82, 2.24) is 15.5 Å². The van der Waals surface area contributed by atoms with Crippen molar-refractivity contribution in [3.05, 3.63) is 11.6 Å². The molecule has 2 aliphatic heterocycles. The number of hydrogen-bond acceptors (Lipinski definition) is 4. The van der Waals surface area contributed by atoms with Gasteiger partial charge in [0.25, 0.3) is 0 Å². The van der Waals surface area contributed by atoms with E-state index in [9.17, 15) is 9.59 Å². The summed E-state index contributed by atoms with van der Waals surface area (Å²) in [4.78, 5) is 26.5. The fraction of sp³-hybridized carbons (Fsp3) is 0.733. The van der Waals surface area contributed by atoms with Crippen LogP contribution in [-0.4, -0.2) is 54.0 Å². The number of carbonyl (C=O) groups excluding carboxylic acids is 2. The Morgan fingerprint density at radius 1 is 1.48 bits per heavy atom. The number of carbonyl (C=O) groups is 2. The van der Waals surface area contributed by atoms with Gasteiger partial charge in [-0.05, 0) is 13.0 Å². The van der Waals surface area contributed by atoms with Crippen molar-refractivity contribution < 1.29 is 9.59 Å². The summed E-state index contributed by atoms with van der Waals surface area (Å²) in [6.07, 6.45) is 3.11. The molecule has 0 saturated carbocycles. The number of nitrogens with one attached hydrogen (secondary N) is 2. The van der Waals surface area contributed by atoms with Crippen LogP contribution in [0.15, 0.2) is 11.6 Å². The average Bonchev–Trinajstić information content (AvgIpc) is 2.93. The summed E-state index contributed by atoms with van der Waals surface area (Å²) in [5.41, 5.74) is 0.822. The van der Waals surface area contributed by atoms with Crippen LogP contribution < -0.4 is 10.6 Å². The Morgan fingerprint density at radius 3 is 2.86 bits per heavy atom. The van der Waals surface area contributed by atoms with Crippen LogP contribution in [0, 0.1) is 5.41 Å². The number of hydrogen-bond donors (Lipinski definition) is 2. The first kappa shape index (κ1) is 16.4. The van der Waals surface area contributed by atoms with E-state index in [2.05, 4.69) is 16.7 Å². The molecule has 6 heteroatoms. The third-order valence-corrected chi connectivity index (χ3v) is 4.75. The Labute approximate surface area is 130 Å². The Bertz CT molecular complexity index is 443. The molecule has 1 unspecified atom stereocenters. The van der Waals surface area contributed by atoms with Gasteiger partial charge in [-0.3, -0.25) is 9.59 Å². The zero-order valence-electron chi connectivity index (χ0n) is 13.1. The van der Waals surface area contributed by atoms with Crippen LogP contribution in [0.1, 0.15) is 27.2 Å². The van der Waals surface area contributed by atoms with Gasteiger partial charge in [-0.25, -0.2) is 0 Å². The second kappa shape index (κ2) is 6.83. The van der Waals surface area contributed by atoms with Gasteiger partial charge in [-0.2, -0.15) is 0 Å². The van der Waals surface area contributed by atoms with Gasteiger partial charge in [-0.1, -0.05) is 32.4 Å². The zero-order chi connectivity index (χ0) is 15.5. The molecule has 118 valence electrons.